The minimum atomic E-state index is 0.176. The van der Waals surface area contributed by atoms with Gasteiger partial charge in [0.15, 0.2) is 5.82 Å². The first-order chi connectivity index (χ1) is 8.69. The molecule has 18 heavy (non-hydrogen) atoms. The molecule has 2 N–H and O–H groups in total. The molecular formula is C13H12N4O. The van der Waals surface area contributed by atoms with E-state index < -0.39 is 0 Å². The molecule has 0 saturated carbocycles. The van der Waals surface area contributed by atoms with E-state index in [1.54, 1.807) is 0 Å². The van der Waals surface area contributed by atoms with Gasteiger partial charge in [0.2, 0.25) is 0 Å². The highest BCUT2D eigenvalue weighted by atomic mass is 16.5. The molecule has 0 aliphatic rings. The van der Waals surface area contributed by atoms with Crippen molar-refractivity contribution in [2.45, 2.75) is 13.5 Å². The average Bonchev–Trinajstić information content (AvgIpc) is 2.37. The van der Waals surface area contributed by atoms with Crippen LogP contribution in [0, 0.1) is 18.3 Å². The number of nitrogens with two attached hydrogens (primary N) is 1. The van der Waals surface area contributed by atoms with E-state index in [0.717, 1.165) is 11.3 Å². The van der Waals surface area contributed by atoms with Crippen molar-refractivity contribution in [1.29, 1.82) is 5.26 Å². The molecule has 0 amide bonds. The molecule has 2 aromatic rings. The maximum absolute atomic E-state index is 8.71. The van der Waals surface area contributed by atoms with Crippen LogP contribution in [-0.2, 0) is 6.61 Å². The van der Waals surface area contributed by atoms with E-state index in [4.69, 9.17) is 15.7 Å². The fraction of sp³-hybridized carbons (Fsp3) is 0.154. The monoisotopic (exact) mass is 240 g/mol. The minimum Gasteiger partial charge on any atom is -0.486 e. The van der Waals surface area contributed by atoms with Crippen LogP contribution in [0.2, 0.25) is 0 Å². The number of rotatable bonds is 3. The van der Waals surface area contributed by atoms with E-state index in [1.807, 2.05) is 37.3 Å². The molecule has 0 radical (unpaired) electrons. The Labute approximate surface area is 105 Å². The molecule has 1 aromatic carbocycles. The van der Waals surface area contributed by atoms with Crippen molar-refractivity contribution in [1.82, 2.24) is 9.97 Å². The Balaban J connectivity index is 2.07. The number of aryl methyl sites for hydroxylation is 1. The first kappa shape index (κ1) is 11.9. The third kappa shape index (κ3) is 2.74. The van der Waals surface area contributed by atoms with Gasteiger partial charge in [-0.1, -0.05) is 12.1 Å². The Morgan fingerprint density at radius 3 is 2.94 bits per heavy atom. The van der Waals surface area contributed by atoms with Crippen LogP contribution in [0.15, 0.2) is 30.5 Å². The quantitative estimate of drug-likeness (QED) is 0.884. The van der Waals surface area contributed by atoms with Gasteiger partial charge in [0.25, 0.3) is 0 Å². The number of nitrogen functional groups attached to an aromatic ring is 1. The van der Waals surface area contributed by atoms with Crippen molar-refractivity contribution in [3.05, 3.63) is 47.4 Å². The number of hydrogen-bond acceptors (Lipinski definition) is 5. The second-order valence-electron chi connectivity index (χ2n) is 3.80. The topological polar surface area (TPSA) is 84.8 Å². The largest absolute Gasteiger partial charge is 0.486 e. The lowest BCUT2D eigenvalue weighted by Crippen LogP contribution is -2.05. The molecule has 0 saturated heterocycles. The lowest BCUT2D eigenvalue weighted by molar-refractivity contribution is 0.296. The van der Waals surface area contributed by atoms with Crippen molar-refractivity contribution in [2.24, 2.45) is 0 Å². The van der Waals surface area contributed by atoms with Crippen molar-refractivity contribution < 1.29 is 4.74 Å². The summed E-state index contributed by atoms with van der Waals surface area (Å²) in [6, 6.07) is 9.60. The van der Waals surface area contributed by atoms with E-state index >= 15 is 0 Å². The molecule has 0 bridgehead atoms. The first-order valence-electron chi connectivity index (χ1n) is 5.40. The zero-order valence-corrected chi connectivity index (χ0v) is 9.92. The summed E-state index contributed by atoms with van der Waals surface area (Å²) in [6.07, 6.45) is 1.40. The van der Waals surface area contributed by atoms with Crippen molar-refractivity contribution in [2.75, 3.05) is 5.73 Å². The maximum atomic E-state index is 8.71. The van der Waals surface area contributed by atoms with Gasteiger partial charge in [-0.15, -0.1) is 0 Å². The lowest BCUT2D eigenvalue weighted by Gasteiger charge is -2.06. The second-order valence-corrected chi connectivity index (χ2v) is 3.80. The van der Waals surface area contributed by atoms with Gasteiger partial charge in [0, 0.05) is 0 Å². The third-order valence-corrected chi connectivity index (χ3v) is 2.35. The number of anilines is 1. The molecule has 90 valence electrons. The molecule has 1 heterocycles. The van der Waals surface area contributed by atoms with Crippen molar-refractivity contribution >= 4 is 5.82 Å². The SMILES string of the molecule is Cc1cccc(OCc2ncc(C#N)c(N)n2)c1. The van der Waals surface area contributed by atoms with Crippen LogP contribution in [0.5, 0.6) is 5.75 Å². The summed E-state index contributed by atoms with van der Waals surface area (Å²) < 4.78 is 5.54. The van der Waals surface area contributed by atoms with Gasteiger partial charge in [0.05, 0.1) is 6.20 Å². The zero-order chi connectivity index (χ0) is 13.0. The second kappa shape index (κ2) is 5.15. The van der Waals surface area contributed by atoms with Crippen molar-refractivity contribution in [3.8, 4) is 11.8 Å². The summed E-state index contributed by atoms with van der Waals surface area (Å²) in [5.41, 5.74) is 6.99. The van der Waals surface area contributed by atoms with E-state index in [-0.39, 0.29) is 18.0 Å². The minimum absolute atomic E-state index is 0.176. The standard InChI is InChI=1S/C13H12N4O/c1-9-3-2-4-11(5-9)18-8-12-16-7-10(6-14)13(15)17-12/h2-5,7H,8H2,1H3,(H2,15,16,17). The maximum Gasteiger partial charge on any atom is 0.168 e. The molecule has 0 unspecified atom stereocenters. The van der Waals surface area contributed by atoms with E-state index in [2.05, 4.69) is 9.97 Å². The Morgan fingerprint density at radius 2 is 2.28 bits per heavy atom. The molecule has 2 rings (SSSR count). The van der Waals surface area contributed by atoms with Gasteiger partial charge in [-0.05, 0) is 24.6 Å². The predicted octanol–water partition coefficient (Wildman–Crippen LogP) is 1.82. The summed E-state index contributed by atoms with van der Waals surface area (Å²) in [6.45, 7) is 2.21. The van der Waals surface area contributed by atoms with Crippen molar-refractivity contribution in [3.63, 3.8) is 0 Å². The number of nitrogens with zero attached hydrogens (tertiary/aromatic N) is 3. The summed E-state index contributed by atoms with van der Waals surface area (Å²) in [7, 11) is 0. The summed E-state index contributed by atoms with van der Waals surface area (Å²) in [5, 5.41) is 8.71. The molecule has 0 fully saturated rings. The first-order valence-corrected chi connectivity index (χ1v) is 5.40. The van der Waals surface area contributed by atoms with Gasteiger partial charge in [-0.25, -0.2) is 9.97 Å². The molecular weight excluding hydrogens is 228 g/mol. The van der Waals surface area contributed by atoms with Gasteiger partial charge in [-0.2, -0.15) is 5.26 Å². The highest BCUT2D eigenvalue weighted by molar-refractivity contribution is 5.46. The van der Waals surface area contributed by atoms with Crippen LogP contribution in [0.4, 0.5) is 5.82 Å². The Hall–Kier alpha value is -2.61. The number of hydrogen-bond donors (Lipinski definition) is 1. The third-order valence-electron chi connectivity index (χ3n) is 2.35. The number of nitriles is 1. The van der Waals surface area contributed by atoms with E-state index in [1.165, 1.54) is 6.20 Å². The van der Waals surface area contributed by atoms with Crippen LogP contribution in [0.1, 0.15) is 17.0 Å². The zero-order valence-electron chi connectivity index (χ0n) is 9.92. The number of benzene rings is 1. The van der Waals surface area contributed by atoms with Crippen LogP contribution < -0.4 is 10.5 Å². The summed E-state index contributed by atoms with van der Waals surface area (Å²) >= 11 is 0. The summed E-state index contributed by atoms with van der Waals surface area (Å²) in [4.78, 5) is 8.01. The van der Waals surface area contributed by atoms with Gasteiger partial charge < -0.3 is 10.5 Å². The highest BCUT2D eigenvalue weighted by Gasteiger charge is 2.04. The predicted molar refractivity (Wildman–Crippen MR) is 66.7 cm³/mol. The molecule has 0 atom stereocenters. The Morgan fingerprint density at radius 1 is 1.44 bits per heavy atom. The van der Waals surface area contributed by atoms with Crippen LogP contribution in [0.25, 0.3) is 0 Å². The summed E-state index contributed by atoms with van der Waals surface area (Å²) in [5.74, 6) is 1.38. The Kier molecular flexibility index (Phi) is 3.39. The highest BCUT2D eigenvalue weighted by Crippen LogP contribution is 2.14. The number of ether oxygens (including phenoxy) is 1. The van der Waals surface area contributed by atoms with E-state index in [0.29, 0.717) is 5.82 Å². The lowest BCUT2D eigenvalue weighted by atomic mass is 10.2. The molecule has 1 aromatic heterocycles. The smallest absolute Gasteiger partial charge is 0.168 e. The van der Waals surface area contributed by atoms with Crippen LogP contribution in [-0.4, -0.2) is 9.97 Å². The van der Waals surface area contributed by atoms with E-state index in [9.17, 15) is 0 Å². The molecule has 0 spiro atoms. The average molecular weight is 240 g/mol. The molecule has 5 heteroatoms. The normalized spacial score (nSPS) is 9.78. The van der Waals surface area contributed by atoms with Crippen LogP contribution >= 0.6 is 0 Å². The van der Waals surface area contributed by atoms with Gasteiger partial charge >= 0.3 is 0 Å². The molecule has 0 aliphatic carbocycles. The Bertz CT molecular complexity index is 604. The fourth-order valence-corrected chi connectivity index (χ4v) is 1.44. The van der Waals surface area contributed by atoms with Crippen LogP contribution in [0.3, 0.4) is 0 Å². The molecule has 5 nitrogen and oxygen atoms in total. The molecule has 0 aliphatic heterocycles. The van der Waals surface area contributed by atoms with Gasteiger partial charge in [-0.3, -0.25) is 0 Å². The fourth-order valence-electron chi connectivity index (χ4n) is 1.44. The van der Waals surface area contributed by atoms with Gasteiger partial charge in [0.1, 0.15) is 29.8 Å². The number of aromatic nitrogens is 2.